The van der Waals surface area contributed by atoms with E-state index in [0.717, 1.165) is 28.2 Å². The van der Waals surface area contributed by atoms with Crippen LogP contribution in [0.25, 0.3) is 0 Å². The predicted molar refractivity (Wildman–Crippen MR) is 87.2 cm³/mol. The number of rotatable bonds is 3. The molecule has 1 heterocycles. The van der Waals surface area contributed by atoms with Crippen molar-refractivity contribution in [1.82, 2.24) is 9.97 Å². The number of hydrogen-bond acceptors (Lipinski definition) is 3. The summed E-state index contributed by atoms with van der Waals surface area (Å²) < 4.78 is 1.08. The summed E-state index contributed by atoms with van der Waals surface area (Å²) in [4.78, 5) is 9.26. The third kappa shape index (κ3) is 3.79. The Kier molecular flexibility index (Phi) is 4.43. The van der Waals surface area contributed by atoms with Gasteiger partial charge < -0.3 is 5.32 Å². The molecule has 2 rings (SSSR count). The minimum absolute atomic E-state index is 0.0144. The highest BCUT2D eigenvalue weighted by Crippen LogP contribution is 2.23. The van der Waals surface area contributed by atoms with Crippen molar-refractivity contribution in [2.75, 3.05) is 12.4 Å². The molecule has 0 bridgehead atoms. The zero-order valence-corrected chi connectivity index (χ0v) is 14.0. The molecule has 106 valence electrons. The number of nitrogens with zero attached hydrogens (tertiary/aromatic N) is 2. The highest BCUT2D eigenvalue weighted by molar-refractivity contribution is 9.10. The zero-order chi connectivity index (χ0) is 14.8. The number of nitrogens with one attached hydrogen (secondary N) is 1. The van der Waals surface area contributed by atoms with E-state index in [4.69, 9.17) is 4.98 Å². The molecular weight excluding hydrogens is 314 g/mol. The van der Waals surface area contributed by atoms with Crippen LogP contribution in [0.5, 0.6) is 0 Å². The lowest BCUT2D eigenvalue weighted by Gasteiger charge is -2.19. The van der Waals surface area contributed by atoms with Gasteiger partial charge in [0.1, 0.15) is 11.6 Å². The summed E-state index contributed by atoms with van der Waals surface area (Å²) in [5.41, 5.74) is 2.27. The second-order valence-electron chi connectivity index (χ2n) is 5.86. The first kappa shape index (κ1) is 15.0. The van der Waals surface area contributed by atoms with E-state index in [2.05, 4.69) is 59.1 Å². The summed E-state index contributed by atoms with van der Waals surface area (Å²) in [6.07, 6.45) is 0.734. The highest BCUT2D eigenvalue weighted by atomic mass is 79.9. The quantitative estimate of drug-likeness (QED) is 0.915. The van der Waals surface area contributed by atoms with Gasteiger partial charge in [-0.05, 0) is 17.7 Å². The van der Waals surface area contributed by atoms with E-state index in [0.29, 0.717) is 0 Å². The maximum absolute atomic E-state index is 4.71. The molecule has 20 heavy (non-hydrogen) atoms. The zero-order valence-electron chi connectivity index (χ0n) is 12.4. The Morgan fingerprint density at radius 1 is 1.15 bits per heavy atom. The van der Waals surface area contributed by atoms with Crippen LogP contribution in [0.2, 0.25) is 0 Å². The van der Waals surface area contributed by atoms with Gasteiger partial charge in [0.05, 0.1) is 5.69 Å². The first-order valence-corrected chi connectivity index (χ1v) is 7.48. The standard InChI is InChI=1S/C16H20BrN3/c1-16(2,3)13-10-14(18-4)20-15(19-13)9-11-6-5-7-12(17)8-11/h5-8,10H,9H2,1-4H3,(H,18,19,20). The molecule has 1 aromatic heterocycles. The Morgan fingerprint density at radius 2 is 1.90 bits per heavy atom. The van der Waals surface area contributed by atoms with Crippen LogP contribution in [0, 0.1) is 0 Å². The molecule has 0 saturated heterocycles. The summed E-state index contributed by atoms with van der Waals surface area (Å²) in [7, 11) is 1.89. The second-order valence-corrected chi connectivity index (χ2v) is 6.78. The van der Waals surface area contributed by atoms with Gasteiger partial charge in [-0.15, -0.1) is 0 Å². The van der Waals surface area contributed by atoms with E-state index in [-0.39, 0.29) is 5.41 Å². The van der Waals surface area contributed by atoms with E-state index in [1.807, 2.05) is 25.2 Å². The van der Waals surface area contributed by atoms with E-state index in [9.17, 15) is 0 Å². The van der Waals surface area contributed by atoms with Gasteiger partial charge in [0.25, 0.3) is 0 Å². The van der Waals surface area contributed by atoms with Crippen molar-refractivity contribution in [1.29, 1.82) is 0 Å². The molecule has 0 radical (unpaired) electrons. The first-order chi connectivity index (χ1) is 9.38. The van der Waals surface area contributed by atoms with Gasteiger partial charge in [0.2, 0.25) is 0 Å². The fraction of sp³-hybridized carbons (Fsp3) is 0.375. The van der Waals surface area contributed by atoms with Crippen LogP contribution in [-0.2, 0) is 11.8 Å². The molecule has 0 aliphatic heterocycles. The van der Waals surface area contributed by atoms with Crippen molar-refractivity contribution < 1.29 is 0 Å². The van der Waals surface area contributed by atoms with Crippen molar-refractivity contribution in [2.24, 2.45) is 0 Å². The monoisotopic (exact) mass is 333 g/mol. The molecule has 1 aromatic carbocycles. The molecule has 4 heteroatoms. The second kappa shape index (κ2) is 5.92. The molecule has 0 aliphatic carbocycles. The van der Waals surface area contributed by atoms with Gasteiger partial charge in [-0.1, -0.05) is 48.8 Å². The third-order valence-corrected chi connectivity index (χ3v) is 3.54. The number of hydrogen-bond donors (Lipinski definition) is 1. The van der Waals surface area contributed by atoms with Crippen LogP contribution in [0.3, 0.4) is 0 Å². The lowest BCUT2D eigenvalue weighted by Crippen LogP contribution is -2.16. The summed E-state index contributed by atoms with van der Waals surface area (Å²) in [6.45, 7) is 6.49. The molecule has 0 fully saturated rings. The summed E-state index contributed by atoms with van der Waals surface area (Å²) in [5, 5.41) is 3.12. The van der Waals surface area contributed by atoms with Crippen LogP contribution in [-0.4, -0.2) is 17.0 Å². The Labute approximate surface area is 129 Å². The van der Waals surface area contributed by atoms with Crippen molar-refractivity contribution in [2.45, 2.75) is 32.6 Å². The van der Waals surface area contributed by atoms with E-state index in [1.54, 1.807) is 0 Å². The number of benzene rings is 1. The maximum atomic E-state index is 4.71. The topological polar surface area (TPSA) is 37.8 Å². The van der Waals surface area contributed by atoms with E-state index in [1.165, 1.54) is 5.56 Å². The number of halogens is 1. The Bertz CT molecular complexity index is 603. The predicted octanol–water partition coefficient (Wildman–Crippen LogP) is 4.17. The maximum Gasteiger partial charge on any atom is 0.135 e. The largest absolute Gasteiger partial charge is 0.373 e. The van der Waals surface area contributed by atoms with Crippen LogP contribution in [0.4, 0.5) is 5.82 Å². The molecule has 0 spiro atoms. The SMILES string of the molecule is CNc1cc(C(C)(C)C)nc(Cc2cccc(Br)c2)n1. The van der Waals surface area contributed by atoms with Crippen LogP contribution < -0.4 is 5.32 Å². The summed E-state index contributed by atoms with van der Waals surface area (Å²) in [6, 6.07) is 10.3. The molecule has 0 saturated carbocycles. The Balaban J connectivity index is 2.36. The molecule has 1 N–H and O–H groups in total. The van der Waals surface area contributed by atoms with Gasteiger partial charge in [-0.2, -0.15) is 0 Å². The highest BCUT2D eigenvalue weighted by Gasteiger charge is 2.17. The molecule has 0 atom stereocenters. The van der Waals surface area contributed by atoms with Crippen LogP contribution >= 0.6 is 15.9 Å². The van der Waals surface area contributed by atoms with Gasteiger partial charge in [0, 0.05) is 29.4 Å². The smallest absolute Gasteiger partial charge is 0.135 e. The van der Waals surface area contributed by atoms with E-state index < -0.39 is 0 Å². The van der Waals surface area contributed by atoms with Crippen molar-refractivity contribution in [3.8, 4) is 0 Å². The fourth-order valence-corrected chi connectivity index (χ4v) is 2.36. The van der Waals surface area contributed by atoms with Crippen LogP contribution in [0.1, 0.15) is 37.9 Å². The molecule has 3 nitrogen and oxygen atoms in total. The molecule has 0 unspecified atom stereocenters. The Hall–Kier alpha value is -1.42. The lowest BCUT2D eigenvalue weighted by atomic mass is 9.92. The van der Waals surface area contributed by atoms with Gasteiger partial charge >= 0.3 is 0 Å². The lowest BCUT2D eigenvalue weighted by molar-refractivity contribution is 0.563. The normalized spacial score (nSPS) is 11.4. The fourth-order valence-electron chi connectivity index (χ4n) is 1.92. The Morgan fingerprint density at radius 3 is 2.50 bits per heavy atom. The van der Waals surface area contributed by atoms with Crippen LogP contribution in [0.15, 0.2) is 34.8 Å². The summed E-state index contributed by atoms with van der Waals surface area (Å²) >= 11 is 3.50. The minimum atomic E-state index is 0.0144. The summed E-state index contributed by atoms with van der Waals surface area (Å²) in [5.74, 6) is 1.72. The number of aromatic nitrogens is 2. The average Bonchev–Trinajstić information content (AvgIpc) is 2.37. The van der Waals surface area contributed by atoms with Gasteiger partial charge in [-0.25, -0.2) is 9.97 Å². The average molecular weight is 334 g/mol. The van der Waals surface area contributed by atoms with Gasteiger partial charge in [-0.3, -0.25) is 0 Å². The third-order valence-electron chi connectivity index (χ3n) is 3.05. The molecule has 0 aliphatic rings. The number of anilines is 1. The first-order valence-electron chi connectivity index (χ1n) is 6.69. The van der Waals surface area contributed by atoms with Crippen molar-refractivity contribution >= 4 is 21.7 Å². The van der Waals surface area contributed by atoms with E-state index >= 15 is 0 Å². The molecule has 0 amide bonds. The van der Waals surface area contributed by atoms with Crippen molar-refractivity contribution in [3.05, 3.63) is 51.9 Å². The molecule has 2 aromatic rings. The molecular formula is C16H20BrN3. The van der Waals surface area contributed by atoms with Gasteiger partial charge in [0.15, 0.2) is 0 Å². The van der Waals surface area contributed by atoms with Crippen molar-refractivity contribution in [3.63, 3.8) is 0 Å². The minimum Gasteiger partial charge on any atom is -0.373 e.